The fourth-order valence-corrected chi connectivity index (χ4v) is 4.27. The Hall–Kier alpha value is -3.80. The zero-order chi connectivity index (χ0) is 31.4. The van der Waals surface area contributed by atoms with Gasteiger partial charge in [-0.1, -0.05) is 0 Å². The van der Waals surface area contributed by atoms with Gasteiger partial charge in [-0.05, 0) is 18.2 Å². The van der Waals surface area contributed by atoms with Gasteiger partial charge in [0, 0.05) is 59.3 Å². The molecule has 42 heavy (non-hydrogen) atoms. The number of esters is 1. The van der Waals surface area contributed by atoms with Crippen LogP contribution in [0.5, 0.6) is 5.75 Å². The molecule has 14 nitrogen and oxygen atoms in total. The van der Waals surface area contributed by atoms with Crippen molar-refractivity contribution >= 4 is 35.5 Å². The lowest BCUT2D eigenvalue weighted by molar-refractivity contribution is -0.140. The molecule has 17 heteroatoms. The van der Waals surface area contributed by atoms with Gasteiger partial charge in [-0.25, -0.2) is 0 Å². The Morgan fingerprint density at radius 2 is 1.12 bits per heavy atom. The van der Waals surface area contributed by atoms with Gasteiger partial charge < -0.3 is 25.4 Å². The van der Waals surface area contributed by atoms with Crippen LogP contribution in [-0.4, -0.2) is 143 Å². The Bertz CT molecular complexity index is 1100. The van der Waals surface area contributed by atoms with Crippen LogP contribution in [0.2, 0.25) is 0 Å². The number of nitrogens with zero attached hydrogens (tertiary/aromatic N) is 4. The molecule has 0 spiro atoms. The van der Waals surface area contributed by atoms with Gasteiger partial charge in [0.2, 0.25) is 5.91 Å². The second-order valence-electron chi connectivity index (χ2n) is 9.63. The summed E-state index contributed by atoms with van der Waals surface area (Å²) in [5.74, 6) is -5.33. The predicted octanol–water partition coefficient (Wildman–Crippen LogP) is 0.0446. The number of benzene rings is 1. The second-order valence-corrected chi connectivity index (χ2v) is 9.63. The molecular weight excluding hydrogens is 571 g/mol. The van der Waals surface area contributed by atoms with Crippen LogP contribution in [0.1, 0.15) is 12.5 Å². The van der Waals surface area contributed by atoms with Crippen molar-refractivity contribution in [1.29, 1.82) is 0 Å². The van der Waals surface area contributed by atoms with Gasteiger partial charge in [0.1, 0.15) is 5.75 Å². The van der Waals surface area contributed by atoms with Crippen LogP contribution in [0, 0.1) is 0 Å². The number of hydrogen-bond acceptors (Lipinski definition) is 10. The van der Waals surface area contributed by atoms with Crippen molar-refractivity contribution in [2.24, 2.45) is 0 Å². The highest BCUT2D eigenvalue weighted by molar-refractivity contribution is 5.93. The molecule has 234 valence electrons. The number of carboxylic acid groups (broad SMARTS) is 3. The molecule has 1 heterocycles. The van der Waals surface area contributed by atoms with Crippen LogP contribution in [0.4, 0.5) is 18.9 Å². The van der Waals surface area contributed by atoms with E-state index in [-0.39, 0.29) is 77.7 Å². The summed E-state index contributed by atoms with van der Waals surface area (Å²) in [4.78, 5) is 64.3. The first kappa shape index (κ1) is 34.4. The molecule has 1 amide bonds. The third-order valence-electron chi connectivity index (χ3n) is 6.21. The summed E-state index contributed by atoms with van der Waals surface area (Å²) in [5, 5.41) is 30.1. The smallest absolute Gasteiger partial charge is 0.418 e. The highest BCUT2D eigenvalue weighted by atomic mass is 19.4. The van der Waals surface area contributed by atoms with Crippen LogP contribution in [0.15, 0.2) is 18.2 Å². The quantitative estimate of drug-likeness (QED) is 0.208. The van der Waals surface area contributed by atoms with E-state index >= 15 is 0 Å². The summed E-state index contributed by atoms with van der Waals surface area (Å²) in [5.41, 5.74) is -1.79. The molecule has 2 rings (SSSR count). The molecule has 0 unspecified atom stereocenters. The maximum atomic E-state index is 13.7. The van der Waals surface area contributed by atoms with Gasteiger partial charge in [0.05, 0.1) is 37.4 Å². The number of carbonyl (C=O) groups is 5. The van der Waals surface area contributed by atoms with E-state index < -0.39 is 53.8 Å². The van der Waals surface area contributed by atoms with E-state index in [1.165, 1.54) is 0 Å². The van der Waals surface area contributed by atoms with Crippen molar-refractivity contribution in [3.63, 3.8) is 0 Å². The average Bonchev–Trinajstić information content (AvgIpc) is 2.84. The zero-order valence-corrected chi connectivity index (χ0v) is 22.9. The Kier molecular flexibility index (Phi) is 13.1. The van der Waals surface area contributed by atoms with E-state index in [1.54, 1.807) is 19.6 Å². The lowest BCUT2D eigenvalue weighted by Gasteiger charge is -2.32. The summed E-state index contributed by atoms with van der Waals surface area (Å²) < 4.78 is 45.7. The molecular formula is C25H34F3N5O9. The number of aliphatic carboxylic acids is 3. The third kappa shape index (κ3) is 12.8. The largest absolute Gasteiger partial charge is 0.480 e. The van der Waals surface area contributed by atoms with Gasteiger partial charge in [0.15, 0.2) is 0 Å². The Balaban J connectivity index is 2.23. The van der Waals surface area contributed by atoms with Gasteiger partial charge in [0.25, 0.3) is 0 Å². The normalized spacial score (nSPS) is 17.0. The van der Waals surface area contributed by atoms with Gasteiger partial charge in [-0.15, -0.1) is 0 Å². The molecule has 0 bridgehead atoms. The van der Waals surface area contributed by atoms with E-state index in [4.69, 9.17) is 4.74 Å². The summed E-state index contributed by atoms with van der Waals surface area (Å²) in [7, 11) is 0. The topological polar surface area (TPSA) is 180 Å². The fraction of sp³-hybridized carbons (Fsp3) is 0.560. The molecule has 1 aliphatic heterocycles. The Morgan fingerprint density at radius 1 is 0.738 bits per heavy atom. The standard InChI is InChI=1S/C25H34F3N5O9/c1-17(34)42-18-2-3-20(19(12-18)25(26,27)28)29-21(35)13-30-4-6-31(14-22(36)37)8-10-33(16-24(40)41)11-9-32(7-5-30)15-23(38)39/h2-3,12H,4-11,13-16H2,1H3,(H,29,35)(H,36,37)(H,38,39)(H,40,41). The summed E-state index contributed by atoms with van der Waals surface area (Å²) in [6.45, 7) is 0.767. The number of hydrogen-bond donors (Lipinski definition) is 4. The second kappa shape index (κ2) is 16.0. The van der Waals surface area contributed by atoms with Crippen LogP contribution < -0.4 is 10.1 Å². The number of halogens is 3. The minimum Gasteiger partial charge on any atom is -0.480 e. The van der Waals surface area contributed by atoms with Gasteiger partial charge in [-0.3, -0.25) is 43.6 Å². The van der Waals surface area contributed by atoms with Crippen LogP contribution in [0.25, 0.3) is 0 Å². The molecule has 0 aliphatic carbocycles. The first-order chi connectivity index (χ1) is 19.6. The van der Waals surface area contributed by atoms with Crippen molar-refractivity contribution in [3.05, 3.63) is 23.8 Å². The number of nitrogens with one attached hydrogen (secondary N) is 1. The average molecular weight is 606 g/mol. The van der Waals surface area contributed by atoms with E-state index in [0.717, 1.165) is 19.1 Å². The van der Waals surface area contributed by atoms with Crippen molar-refractivity contribution in [3.8, 4) is 5.75 Å². The van der Waals surface area contributed by atoms with Crippen LogP contribution in [0.3, 0.4) is 0 Å². The van der Waals surface area contributed by atoms with Crippen LogP contribution in [-0.2, 0) is 30.1 Å². The molecule has 0 saturated carbocycles. The molecule has 0 aromatic heterocycles. The number of amides is 1. The Morgan fingerprint density at radius 3 is 1.45 bits per heavy atom. The summed E-state index contributed by atoms with van der Waals surface area (Å²) >= 11 is 0. The molecule has 1 fully saturated rings. The van der Waals surface area contributed by atoms with Crippen molar-refractivity contribution in [2.45, 2.75) is 13.1 Å². The molecule has 1 aromatic carbocycles. The molecule has 1 aliphatic rings. The zero-order valence-electron chi connectivity index (χ0n) is 22.9. The number of rotatable bonds is 10. The monoisotopic (exact) mass is 605 g/mol. The van der Waals surface area contributed by atoms with Crippen LogP contribution >= 0.6 is 0 Å². The first-order valence-electron chi connectivity index (χ1n) is 12.9. The highest BCUT2D eigenvalue weighted by Gasteiger charge is 2.35. The van der Waals surface area contributed by atoms with Crippen molar-refractivity contribution in [2.75, 3.05) is 83.9 Å². The van der Waals surface area contributed by atoms with Gasteiger partial charge >= 0.3 is 30.1 Å². The molecule has 0 radical (unpaired) electrons. The minimum absolute atomic E-state index is 0.109. The first-order valence-corrected chi connectivity index (χ1v) is 12.9. The summed E-state index contributed by atoms with van der Waals surface area (Å²) in [6.07, 6.45) is -4.88. The number of ether oxygens (including phenoxy) is 1. The minimum atomic E-state index is -4.88. The predicted molar refractivity (Wildman–Crippen MR) is 140 cm³/mol. The maximum absolute atomic E-state index is 13.7. The maximum Gasteiger partial charge on any atom is 0.418 e. The number of alkyl halides is 3. The highest BCUT2D eigenvalue weighted by Crippen LogP contribution is 2.37. The lowest BCUT2D eigenvalue weighted by Crippen LogP contribution is -2.49. The molecule has 4 N–H and O–H groups in total. The van der Waals surface area contributed by atoms with E-state index in [1.807, 2.05) is 0 Å². The lowest BCUT2D eigenvalue weighted by atomic mass is 10.1. The number of anilines is 1. The van der Waals surface area contributed by atoms with Crippen molar-refractivity contribution < 1.29 is 57.2 Å². The SMILES string of the molecule is CC(=O)Oc1ccc(NC(=O)CN2CCN(CC(=O)O)CCN(CC(=O)O)CCN(CC(=O)O)CC2)c(C(F)(F)F)c1. The van der Waals surface area contributed by atoms with Crippen molar-refractivity contribution in [1.82, 2.24) is 19.6 Å². The Labute approximate surface area is 239 Å². The fourth-order valence-electron chi connectivity index (χ4n) is 4.27. The molecule has 1 aromatic rings. The summed E-state index contributed by atoms with van der Waals surface area (Å²) in [6, 6.07) is 2.65. The third-order valence-corrected chi connectivity index (χ3v) is 6.21. The molecule has 0 atom stereocenters. The van der Waals surface area contributed by atoms with E-state index in [9.17, 15) is 52.5 Å². The molecule has 1 saturated heterocycles. The number of carboxylic acids is 3. The van der Waals surface area contributed by atoms with E-state index in [0.29, 0.717) is 6.07 Å². The van der Waals surface area contributed by atoms with Gasteiger partial charge in [-0.2, -0.15) is 13.2 Å². The number of carbonyl (C=O) groups excluding carboxylic acids is 2. The van der Waals surface area contributed by atoms with E-state index in [2.05, 4.69) is 5.32 Å².